The number of fused-ring (bicyclic) bond motifs is 1. The molecule has 13 heteroatoms. The maximum atomic E-state index is 14.0. The van der Waals surface area contributed by atoms with E-state index < -0.39 is 58.8 Å². The number of halogens is 7. The number of aryl methyl sites for hydroxylation is 1. The van der Waals surface area contributed by atoms with Gasteiger partial charge in [0.05, 0.1) is 28.6 Å². The number of piperidine rings is 2. The Kier molecular flexibility index (Phi) is 7.72. The number of likely N-dealkylation sites (tertiary alicyclic amines) is 2. The first-order chi connectivity index (χ1) is 19.9. The molecule has 2 heterocycles. The Labute approximate surface area is 244 Å². The maximum Gasteiger partial charge on any atom is 0.416 e. The van der Waals surface area contributed by atoms with E-state index in [2.05, 4.69) is 4.90 Å². The van der Waals surface area contributed by atoms with Crippen LogP contribution in [0.25, 0.3) is 0 Å². The van der Waals surface area contributed by atoms with Crippen molar-refractivity contribution in [3.8, 4) is 0 Å². The molecular weight excluding hydrogens is 583 g/mol. The van der Waals surface area contributed by atoms with Crippen molar-refractivity contribution in [1.82, 2.24) is 14.7 Å². The third kappa shape index (κ3) is 5.80. The molecule has 1 saturated carbocycles. The van der Waals surface area contributed by atoms with Gasteiger partial charge < -0.3 is 14.9 Å². The summed E-state index contributed by atoms with van der Waals surface area (Å²) in [5, 5.41) is 9.72. The van der Waals surface area contributed by atoms with Crippen LogP contribution in [-0.4, -0.2) is 64.5 Å². The van der Waals surface area contributed by atoms with Gasteiger partial charge in [0.1, 0.15) is 5.82 Å². The highest BCUT2D eigenvalue weighted by atomic mass is 19.4. The number of carbonyl (C=O) groups excluding carboxylic acids is 1. The van der Waals surface area contributed by atoms with Crippen molar-refractivity contribution in [1.29, 1.82) is 0 Å². The van der Waals surface area contributed by atoms with E-state index in [-0.39, 0.29) is 30.1 Å². The predicted octanol–water partition coefficient (Wildman–Crippen LogP) is 6.90. The number of aliphatic carboxylic acids is 1. The van der Waals surface area contributed by atoms with Crippen molar-refractivity contribution in [2.45, 2.75) is 63.6 Å². The summed E-state index contributed by atoms with van der Waals surface area (Å²) < 4.78 is 95.0. The molecule has 0 radical (unpaired) electrons. The van der Waals surface area contributed by atoms with Crippen LogP contribution in [0.2, 0.25) is 0 Å². The molecule has 2 aromatic rings. The molecule has 2 amide bonds. The summed E-state index contributed by atoms with van der Waals surface area (Å²) in [5.74, 6) is -1.22. The average Bonchev–Trinajstić information content (AvgIpc) is 3.51. The highest BCUT2D eigenvalue weighted by Crippen LogP contribution is 2.59. The molecule has 2 saturated heterocycles. The molecule has 2 aromatic carbocycles. The van der Waals surface area contributed by atoms with Crippen molar-refractivity contribution in [3.05, 3.63) is 70.0 Å². The van der Waals surface area contributed by atoms with Gasteiger partial charge in [-0.05, 0) is 86.1 Å². The van der Waals surface area contributed by atoms with Gasteiger partial charge in [-0.25, -0.2) is 9.18 Å². The minimum atomic E-state index is -5.03. The smallest absolute Gasteiger partial charge is 0.416 e. The van der Waals surface area contributed by atoms with E-state index in [1.54, 1.807) is 13.0 Å². The molecule has 6 nitrogen and oxygen atoms in total. The number of carboxylic acids is 1. The molecule has 1 N–H and O–H groups in total. The third-order valence-corrected chi connectivity index (χ3v) is 9.50. The third-order valence-electron chi connectivity index (χ3n) is 9.50. The number of nitrogens with zero attached hydrogens (tertiary/aromatic N) is 3. The molecule has 5 atom stereocenters. The zero-order chi connectivity index (χ0) is 31.6. The predicted molar refractivity (Wildman–Crippen MR) is 141 cm³/mol. The second-order valence-electron chi connectivity index (χ2n) is 12.1. The molecule has 234 valence electrons. The number of benzene rings is 2. The van der Waals surface area contributed by atoms with Gasteiger partial charge in [-0.15, -0.1) is 0 Å². The second-order valence-corrected chi connectivity index (χ2v) is 12.1. The monoisotopic (exact) mass is 615 g/mol. The number of hydrogen-bond acceptors (Lipinski definition) is 3. The van der Waals surface area contributed by atoms with Crippen LogP contribution < -0.4 is 0 Å². The fraction of sp³-hybridized carbons (Fsp3) is 0.533. The van der Waals surface area contributed by atoms with Crippen molar-refractivity contribution in [3.63, 3.8) is 0 Å². The molecule has 1 aliphatic carbocycles. The fourth-order valence-corrected chi connectivity index (χ4v) is 6.76. The summed E-state index contributed by atoms with van der Waals surface area (Å²) in [4.78, 5) is 30.5. The second kappa shape index (κ2) is 10.7. The molecule has 0 spiro atoms. The first kappa shape index (κ1) is 31.1. The van der Waals surface area contributed by atoms with E-state index in [9.17, 15) is 45.4 Å². The van der Waals surface area contributed by atoms with Crippen LogP contribution in [0.1, 0.15) is 66.1 Å². The van der Waals surface area contributed by atoms with E-state index in [1.165, 1.54) is 31.0 Å². The van der Waals surface area contributed by atoms with Crippen LogP contribution in [0.3, 0.4) is 0 Å². The van der Waals surface area contributed by atoms with Crippen molar-refractivity contribution in [2.24, 2.45) is 11.3 Å². The number of rotatable bonds is 5. The van der Waals surface area contributed by atoms with Gasteiger partial charge >= 0.3 is 24.4 Å². The van der Waals surface area contributed by atoms with E-state index in [0.717, 1.165) is 4.90 Å². The lowest BCUT2D eigenvalue weighted by Gasteiger charge is -2.45. The molecule has 3 aliphatic rings. The Balaban J connectivity index is 1.43. The van der Waals surface area contributed by atoms with Crippen LogP contribution in [0.15, 0.2) is 36.4 Å². The minimum Gasteiger partial charge on any atom is -0.481 e. The van der Waals surface area contributed by atoms with Gasteiger partial charge in [-0.1, -0.05) is 6.07 Å². The zero-order valence-electron chi connectivity index (χ0n) is 23.8. The maximum absolute atomic E-state index is 14.0. The van der Waals surface area contributed by atoms with Gasteiger partial charge in [0.2, 0.25) is 0 Å². The van der Waals surface area contributed by atoms with E-state index in [0.29, 0.717) is 55.6 Å². The van der Waals surface area contributed by atoms with Crippen LogP contribution in [-0.2, 0) is 17.1 Å². The number of alkyl halides is 6. The van der Waals surface area contributed by atoms with Gasteiger partial charge in [-0.3, -0.25) is 9.69 Å². The molecular formula is C30H32F7N3O3. The fourth-order valence-electron chi connectivity index (χ4n) is 6.76. The van der Waals surface area contributed by atoms with E-state index in [4.69, 9.17) is 0 Å². The first-order valence-electron chi connectivity index (χ1n) is 14.0. The molecule has 0 bridgehead atoms. The highest BCUT2D eigenvalue weighted by Gasteiger charge is 2.66. The summed E-state index contributed by atoms with van der Waals surface area (Å²) in [6.07, 6.45) is -8.52. The van der Waals surface area contributed by atoms with Gasteiger partial charge in [0, 0.05) is 32.7 Å². The number of urea groups is 1. The molecule has 5 rings (SSSR count). The normalized spacial score (nSPS) is 26.7. The average molecular weight is 616 g/mol. The van der Waals surface area contributed by atoms with Crippen molar-refractivity contribution < 1.29 is 45.4 Å². The molecule has 43 heavy (non-hydrogen) atoms. The van der Waals surface area contributed by atoms with Crippen molar-refractivity contribution in [2.75, 3.05) is 26.7 Å². The molecule has 2 aliphatic heterocycles. The number of hydrogen-bond donors (Lipinski definition) is 1. The zero-order valence-corrected chi connectivity index (χ0v) is 23.8. The van der Waals surface area contributed by atoms with Crippen LogP contribution in [0, 0.1) is 24.1 Å². The number of carboxylic acid groups (broad SMARTS) is 1. The standard InChI is InChI=1S/C30H32F7N3O3/c1-16-8-22(31)4-5-24(16)25-12-23(39-14-21-13-28(21,15-39)26(41)42)6-7-40(25)27(43)38(3)17(2)18-9-19(29(32,33)34)11-20(10-18)30(35,36)37/h4-5,8-11,17,21,23,25H,6-7,12-15H2,1-3H3,(H,41,42)/t17-,21-,23+,25+,28-/m0/s1. The lowest BCUT2D eigenvalue weighted by molar-refractivity contribution is -0.144. The lowest BCUT2D eigenvalue weighted by Crippen LogP contribution is -2.52. The summed E-state index contributed by atoms with van der Waals surface area (Å²) in [5.41, 5.74) is -2.75. The van der Waals surface area contributed by atoms with Gasteiger partial charge in [0.25, 0.3) is 0 Å². The summed E-state index contributed by atoms with van der Waals surface area (Å²) in [6.45, 7) is 4.28. The quantitative estimate of drug-likeness (QED) is 0.372. The molecule has 3 fully saturated rings. The molecule has 0 aromatic heterocycles. The van der Waals surface area contributed by atoms with Gasteiger partial charge in [-0.2, -0.15) is 26.3 Å². The minimum absolute atomic E-state index is 0.0486. The number of amides is 2. The lowest BCUT2D eigenvalue weighted by atomic mass is 9.88. The Bertz CT molecular complexity index is 1400. The van der Waals surface area contributed by atoms with Crippen molar-refractivity contribution >= 4 is 12.0 Å². The summed E-state index contributed by atoms with van der Waals surface area (Å²) in [6, 6.07) is 3.07. The largest absolute Gasteiger partial charge is 0.481 e. The molecule has 0 unspecified atom stereocenters. The summed E-state index contributed by atoms with van der Waals surface area (Å²) >= 11 is 0. The Morgan fingerprint density at radius 2 is 1.67 bits per heavy atom. The topological polar surface area (TPSA) is 64.1 Å². The highest BCUT2D eigenvalue weighted by molar-refractivity contribution is 5.79. The van der Waals surface area contributed by atoms with Crippen LogP contribution >= 0.6 is 0 Å². The number of carbonyl (C=O) groups is 2. The van der Waals surface area contributed by atoms with Gasteiger partial charge in [0.15, 0.2) is 0 Å². The SMILES string of the molecule is Cc1cc(F)ccc1[C@H]1C[C@H](N2C[C@@H]3C[C@]3(C(=O)O)C2)CCN1C(=O)N(C)[C@@H](C)c1cc(C(F)(F)F)cc(C(F)(F)F)c1. The first-order valence-corrected chi connectivity index (χ1v) is 14.0. The van der Waals surface area contributed by atoms with E-state index >= 15 is 0 Å². The summed E-state index contributed by atoms with van der Waals surface area (Å²) in [7, 11) is 1.33. The Hall–Kier alpha value is -3.35. The van der Waals surface area contributed by atoms with Crippen LogP contribution in [0.5, 0.6) is 0 Å². The Morgan fingerprint density at radius 1 is 1.05 bits per heavy atom. The van der Waals surface area contributed by atoms with Crippen LogP contribution in [0.4, 0.5) is 35.5 Å². The Morgan fingerprint density at radius 3 is 2.21 bits per heavy atom. The van der Waals surface area contributed by atoms with E-state index in [1.807, 2.05) is 0 Å².